The zero-order valence-electron chi connectivity index (χ0n) is 10.6. The number of rotatable bonds is 2. The van der Waals surface area contributed by atoms with E-state index in [9.17, 15) is 8.78 Å². The van der Waals surface area contributed by atoms with Gasteiger partial charge in [-0.1, -0.05) is 11.6 Å². The Hall–Kier alpha value is -1.93. The molecule has 3 rings (SSSR count). The van der Waals surface area contributed by atoms with E-state index in [2.05, 4.69) is 9.94 Å². The van der Waals surface area contributed by atoms with Crippen molar-refractivity contribution in [3.63, 3.8) is 0 Å². The van der Waals surface area contributed by atoms with Gasteiger partial charge in [0, 0.05) is 18.8 Å². The maximum Gasteiger partial charge on any atom is 0.205 e. The summed E-state index contributed by atoms with van der Waals surface area (Å²) < 4.78 is 30.1. The number of hydrogen-bond donors (Lipinski definition) is 0. The van der Waals surface area contributed by atoms with Crippen LogP contribution in [0.1, 0.15) is 18.4 Å². The van der Waals surface area contributed by atoms with Crippen LogP contribution in [0, 0.1) is 12.4 Å². The zero-order valence-corrected chi connectivity index (χ0v) is 11.4. The van der Waals surface area contributed by atoms with Crippen LogP contribution in [0.25, 0.3) is 16.1 Å². The average Bonchev–Trinajstić information content (AvgIpc) is 3.03. The molecule has 1 aliphatic rings. The smallest absolute Gasteiger partial charge is 0.205 e. The van der Waals surface area contributed by atoms with Gasteiger partial charge >= 0.3 is 0 Å². The van der Waals surface area contributed by atoms with E-state index in [0.29, 0.717) is 18.5 Å². The Morgan fingerprint density at radius 1 is 1.50 bits per heavy atom. The summed E-state index contributed by atoms with van der Waals surface area (Å²) in [6.07, 6.45) is 2.16. The topological polar surface area (TPSA) is 22.2 Å². The fourth-order valence-corrected chi connectivity index (χ4v) is 2.51. The highest BCUT2D eigenvalue weighted by Gasteiger charge is 2.47. The SMILES string of the molecule is [C-]#[N+]c1c(C2(F)CC2)cc(Cl)c(F)c1-c1ccnn1C. The molecule has 0 N–H and O–H groups in total. The van der Waals surface area contributed by atoms with Crippen molar-refractivity contribution in [1.29, 1.82) is 0 Å². The van der Waals surface area contributed by atoms with Gasteiger partial charge in [0.1, 0.15) is 11.5 Å². The molecule has 6 heteroatoms. The van der Waals surface area contributed by atoms with Gasteiger partial charge in [0.05, 0.1) is 17.3 Å². The minimum absolute atomic E-state index is 0.0181. The lowest BCUT2D eigenvalue weighted by molar-refractivity contribution is 0.318. The lowest BCUT2D eigenvalue weighted by Crippen LogP contribution is -2.03. The van der Waals surface area contributed by atoms with E-state index in [1.54, 1.807) is 13.1 Å². The standard InChI is InChI=1S/C14H10ClF2N3/c1-18-13-8(14(17)4-5-14)7-9(15)12(16)11(13)10-3-6-19-20(10)2/h3,6-7H,4-5H2,2H3. The van der Waals surface area contributed by atoms with Crippen LogP contribution in [0.15, 0.2) is 18.3 Å². The van der Waals surface area contributed by atoms with Gasteiger partial charge < -0.3 is 0 Å². The lowest BCUT2D eigenvalue weighted by atomic mass is 9.99. The van der Waals surface area contributed by atoms with Crippen molar-refractivity contribution < 1.29 is 8.78 Å². The maximum atomic E-state index is 14.4. The van der Waals surface area contributed by atoms with Crippen LogP contribution >= 0.6 is 11.6 Å². The predicted molar refractivity (Wildman–Crippen MR) is 71.9 cm³/mol. The van der Waals surface area contributed by atoms with Gasteiger partial charge in [0.15, 0.2) is 0 Å². The Morgan fingerprint density at radius 3 is 2.70 bits per heavy atom. The first kappa shape index (κ1) is 13.1. The van der Waals surface area contributed by atoms with Crippen molar-refractivity contribution in [2.24, 2.45) is 7.05 Å². The minimum Gasteiger partial charge on any atom is -0.269 e. The molecule has 3 nitrogen and oxygen atoms in total. The number of aryl methyl sites for hydroxylation is 1. The van der Waals surface area contributed by atoms with Crippen LogP contribution in [0.3, 0.4) is 0 Å². The van der Waals surface area contributed by atoms with Gasteiger partial charge in [-0.05, 0) is 30.5 Å². The molecule has 1 aliphatic carbocycles. The van der Waals surface area contributed by atoms with Crippen LogP contribution in [0.2, 0.25) is 5.02 Å². The van der Waals surface area contributed by atoms with Crippen molar-refractivity contribution in [2.75, 3.05) is 0 Å². The molecule has 0 atom stereocenters. The first-order valence-electron chi connectivity index (χ1n) is 6.05. The van der Waals surface area contributed by atoms with Gasteiger partial charge in [-0.25, -0.2) is 13.6 Å². The van der Waals surface area contributed by atoms with Crippen LogP contribution in [-0.2, 0) is 12.7 Å². The van der Waals surface area contributed by atoms with Crippen molar-refractivity contribution in [3.05, 3.63) is 46.2 Å². The molecule has 1 fully saturated rings. The molecule has 0 radical (unpaired) electrons. The number of halogens is 3. The molecule has 0 unspecified atom stereocenters. The maximum absolute atomic E-state index is 14.4. The van der Waals surface area contributed by atoms with E-state index in [1.165, 1.54) is 16.9 Å². The largest absolute Gasteiger partial charge is 0.269 e. The molecular weight excluding hydrogens is 284 g/mol. The van der Waals surface area contributed by atoms with Crippen molar-refractivity contribution in [1.82, 2.24) is 9.78 Å². The third-order valence-electron chi connectivity index (χ3n) is 3.55. The number of alkyl halides is 1. The van der Waals surface area contributed by atoms with E-state index >= 15 is 0 Å². The molecular formula is C14H10ClF2N3. The highest BCUT2D eigenvalue weighted by atomic mass is 35.5. The third-order valence-corrected chi connectivity index (χ3v) is 3.83. The van der Waals surface area contributed by atoms with E-state index in [0.717, 1.165) is 0 Å². The van der Waals surface area contributed by atoms with Crippen molar-refractivity contribution in [3.8, 4) is 11.3 Å². The van der Waals surface area contributed by atoms with E-state index in [-0.39, 0.29) is 21.8 Å². The second kappa shape index (κ2) is 4.29. The summed E-state index contributed by atoms with van der Waals surface area (Å²) in [6, 6.07) is 2.81. The monoisotopic (exact) mass is 293 g/mol. The highest BCUT2D eigenvalue weighted by Crippen LogP contribution is 2.55. The summed E-state index contributed by atoms with van der Waals surface area (Å²) in [5.41, 5.74) is -0.969. The number of benzene rings is 1. The van der Waals surface area contributed by atoms with Gasteiger partial charge in [0.2, 0.25) is 5.69 Å². The highest BCUT2D eigenvalue weighted by molar-refractivity contribution is 6.31. The quantitative estimate of drug-likeness (QED) is 0.753. The summed E-state index contributed by atoms with van der Waals surface area (Å²) in [5, 5.41) is 3.78. The summed E-state index contributed by atoms with van der Waals surface area (Å²) >= 11 is 5.88. The molecule has 20 heavy (non-hydrogen) atoms. The molecule has 1 aromatic heterocycles. The predicted octanol–water partition coefficient (Wildman–Crippen LogP) is 4.39. The molecule has 1 aromatic carbocycles. The minimum atomic E-state index is -1.55. The van der Waals surface area contributed by atoms with Crippen molar-refractivity contribution >= 4 is 17.3 Å². The molecule has 0 aliphatic heterocycles. The van der Waals surface area contributed by atoms with Crippen LogP contribution in [0.5, 0.6) is 0 Å². The molecule has 0 spiro atoms. The van der Waals surface area contributed by atoms with Crippen LogP contribution in [-0.4, -0.2) is 9.78 Å². The Labute approximate surface area is 119 Å². The molecule has 0 saturated heterocycles. The summed E-state index contributed by atoms with van der Waals surface area (Å²) in [7, 11) is 1.63. The number of nitrogens with zero attached hydrogens (tertiary/aromatic N) is 3. The van der Waals surface area contributed by atoms with Gasteiger partial charge in [-0.3, -0.25) is 4.68 Å². The summed E-state index contributed by atoms with van der Waals surface area (Å²) in [4.78, 5) is 3.35. The fraction of sp³-hybridized carbons (Fsp3) is 0.286. The fourth-order valence-electron chi connectivity index (χ4n) is 2.31. The van der Waals surface area contributed by atoms with Crippen LogP contribution in [0.4, 0.5) is 14.5 Å². The Morgan fingerprint density at radius 2 is 2.20 bits per heavy atom. The van der Waals surface area contributed by atoms with Crippen molar-refractivity contribution in [2.45, 2.75) is 18.5 Å². The third kappa shape index (κ3) is 1.80. The first-order valence-corrected chi connectivity index (χ1v) is 6.43. The average molecular weight is 294 g/mol. The lowest BCUT2D eigenvalue weighted by Gasteiger charge is -2.15. The molecule has 2 aromatic rings. The van der Waals surface area contributed by atoms with E-state index in [4.69, 9.17) is 18.2 Å². The summed E-state index contributed by atoms with van der Waals surface area (Å²) in [6.45, 7) is 7.29. The van der Waals surface area contributed by atoms with E-state index in [1.807, 2.05) is 0 Å². The Balaban J connectivity index is 2.36. The molecule has 102 valence electrons. The zero-order chi connectivity index (χ0) is 14.5. The number of hydrogen-bond acceptors (Lipinski definition) is 1. The second-order valence-corrected chi connectivity index (χ2v) is 5.27. The molecule has 1 heterocycles. The van der Waals surface area contributed by atoms with Crippen LogP contribution < -0.4 is 0 Å². The molecule has 0 bridgehead atoms. The Bertz CT molecular complexity index is 742. The molecule has 1 saturated carbocycles. The Kier molecular flexibility index (Phi) is 2.80. The first-order chi connectivity index (χ1) is 9.48. The number of aromatic nitrogens is 2. The van der Waals surface area contributed by atoms with Gasteiger partial charge in [-0.15, -0.1) is 0 Å². The second-order valence-electron chi connectivity index (χ2n) is 4.86. The van der Waals surface area contributed by atoms with Gasteiger partial charge in [0.25, 0.3) is 0 Å². The molecule has 0 amide bonds. The van der Waals surface area contributed by atoms with Gasteiger partial charge in [-0.2, -0.15) is 5.10 Å². The van der Waals surface area contributed by atoms with E-state index < -0.39 is 11.5 Å². The normalized spacial score (nSPS) is 15.9. The summed E-state index contributed by atoms with van der Waals surface area (Å²) in [5.74, 6) is -0.714.